The molecule has 18 heavy (non-hydrogen) atoms. The monoisotopic (exact) mass is 291 g/mol. The third-order valence-electron chi connectivity index (χ3n) is 2.81. The van der Waals surface area contributed by atoms with E-state index in [1.54, 1.807) is 11.8 Å². The molecule has 100 valence electrons. The molecule has 0 bridgehead atoms. The summed E-state index contributed by atoms with van der Waals surface area (Å²) < 4.78 is 44.3. The van der Waals surface area contributed by atoms with Gasteiger partial charge >= 0.3 is 0 Å². The summed E-state index contributed by atoms with van der Waals surface area (Å²) in [5, 5.41) is -0.111. The Morgan fingerprint density at radius 3 is 2.72 bits per heavy atom. The SMILES string of the molecule is COc1ccc(S(=O)(=O)N2CCSC2C)cc1F. The zero-order chi connectivity index (χ0) is 13.3. The Morgan fingerprint density at radius 2 is 2.22 bits per heavy atom. The fourth-order valence-electron chi connectivity index (χ4n) is 1.84. The molecule has 4 nitrogen and oxygen atoms in total. The molecule has 1 atom stereocenters. The second-order valence-corrected chi connectivity index (χ2v) is 7.20. The minimum atomic E-state index is -3.62. The van der Waals surface area contributed by atoms with Gasteiger partial charge < -0.3 is 4.74 Å². The highest BCUT2D eigenvalue weighted by Gasteiger charge is 2.33. The van der Waals surface area contributed by atoms with Crippen LogP contribution in [-0.2, 0) is 10.0 Å². The number of sulfonamides is 1. The molecular weight excluding hydrogens is 277 g/mol. The average molecular weight is 291 g/mol. The molecular formula is C11H14FNO3S2. The van der Waals surface area contributed by atoms with Crippen LogP contribution in [0.4, 0.5) is 4.39 Å². The number of benzene rings is 1. The molecule has 0 N–H and O–H groups in total. The van der Waals surface area contributed by atoms with E-state index in [-0.39, 0.29) is 16.0 Å². The highest BCUT2D eigenvalue weighted by molar-refractivity contribution is 8.01. The van der Waals surface area contributed by atoms with Crippen molar-refractivity contribution in [3.8, 4) is 5.75 Å². The number of methoxy groups -OCH3 is 1. The number of nitrogens with zero attached hydrogens (tertiary/aromatic N) is 1. The lowest BCUT2D eigenvalue weighted by molar-refractivity contribution is 0.385. The van der Waals surface area contributed by atoms with Gasteiger partial charge in [0.2, 0.25) is 10.0 Å². The molecule has 0 aliphatic carbocycles. The zero-order valence-electron chi connectivity index (χ0n) is 10.1. The molecule has 0 radical (unpaired) electrons. The summed E-state index contributed by atoms with van der Waals surface area (Å²) in [6, 6.07) is 3.70. The third kappa shape index (κ3) is 2.34. The van der Waals surface area contributed by atoms with Gasteiger partial charge in [-0.1, -0.05) is 0 Å². The molecule has 1 fully saturated rings. The van der Waals surface area contributed by atoms with Crippen LogP contribution in [0.25, 0.3) is 0 Å². The second-order valence-electron chi connectivity index (χ2n) is 3.88. The molecule has 1 saturated heterocycles. The lowest BCUT2D eigenvalue weighted by atomic mass is 10.3. The van der Waals surface area contributed by atoms with E-state index in [1.807, 2.05) is 6.92 Å². The number of halogens is 1. The summed E-state index contributed by atoms with van der Waals surface area (Å²) in [6.45, 7) is 2.29. The van der Waals surface area contributed by atoms with Gasteiger partial charge in [0.05, 0.1) is 17.4 Å². The fraction of sp³-hybridized carbons (Fsp3) is 0.455. The van der Waals surface area contributed by atoms with E-state index in [0.717, 1.165) is 11.8 Å². The first-order chi connectivity index (χ1) is 8.46. The molecule has 7 heteroatoms. The van der Waals surface area contributed by atoms with E-state index in [4.69, 9.17) is 4.74 Å². The highest BCUT2D eigenvalue weighted by atomic mass is 32.2. The van der Waals surface area contributed by atoms with Crippen LogP contribution >= 0.6 is 11.8 Å². The molecule has 2 rings (SSSR count). The first-order valence-electron chi connectivity index (χ1n) is 5.44. The van der Waals surface area contributed by atoms with Gasteiger partial charge in [-0.15, -0.1) is 11.8 Å². The molecule has 1 unspecified atom stereocenters. The Labute approximate surface area is 110 Å². The van der Waals surface area contributed by atoms with E-state index in [1.165, 1.54) is 23.5 Å². The van der Waals surface area contributed by atoms with Crippen LogP contribution in [0.2, 0.25) is 0 Å². The van der Waals surface area contributed by atoms with E-state index < -0.39 is 15.8 Å². The molecule has 1 heterocycles. The predicted molar refractivity (Wildman–Crippen MR) is 68.8 cm³/mol. The van der Waals surface area contributed by atoms with Crippen molar-refractivity contribution in [3.05, 3.63) is 24.0 Å². The molecule has 0 aromatic heterocycles. The van der Waals surface area contributed by atoms with E-state index in [9.17, 15) is 12.8 Å². The Hall–Kier alpha value is -0.790. The molecule has 0 spiro atoms. The van der Waals surface area contributed by atoms with Crippen molar-refractivity contribution in [2.24, 2.45) is 0 Å². The first-order valence-corrected chi connectivity index (χ1v) is 7.92. The Bertz CT molecular complexity index is 547. The van der Waals surface area contributed by atoms with Crippen molar-refractivity contribution in [2.45, 2.75) is 17.2 Å². The molecule has 1 aromatic carbocycles. The number of rotatable bonds is 3. The smallest absolute Gasteiger partial charge is 0.244 e. The largest absolute Gasteiger partial charge is 0.494 e. The standard InChI is InChI=1S/C11H14FNO3S2/c1-8-13(5-6-17-8)18(14,15)9-3-4-11(16-2)10(12)7-9/h3-4,7-8H,5-6H2,1-2H3. The van der Waals surface area contributed by atoms with Gasteiger partial charge in [-0.05, 0) is 25.1 Å². The highest BCUT2D eigenvalue weighted by Crippen LogP contribution is 2.30. The first kappa shape index (κ1) is 13.6. The van der Waals surface area contributed by atoms with Gasteiger partial charge in [0.1, 0.15) is 0 Å². The third-order valence-corrected chi connectivity index (χ3v) is 6.06. The maximum Gasteiger partial charge on any atom is 0.244 e. The van der Waals surface area contributed by atoms with Gasteiger partial charge in [0.15, 0.2) is 11.6 Å². The molecule has 1 aromatic rings. The average Bonchev–Trinajstić information content (AvgIpc) is 2.76. The van der Waals surface area contributed by atoms with Crippen LogP contribution in [0.15, 0.2) is 23.1 Å². The number of ether oxygens (including phenoxy) is 1. The number of thioether (sulfide) groups is 1. The van der Waals surface area contributed by atoms with Crippen LogP contribution in [0.5, 0.6) is 5.75 Å². The van der Waals surface area contributed by atoms with Gasteiger partial charge in [-0.3, -0.25) is 0 Å². The predicted octanol–water partition coefficient (Wildman–Crippen LogP) is 1.92. The molecule has 0 amide bonds. The summed E-state index contributed by atoms with van der Waals surface area (Å²) in [5.74, 6) is 0.134. The second kappa shape index (κ2) is 5.07. The van der Waals surface area contributed by atoms with Crippen molar-refractivity contribution < 1.29 is 17.5 Å². The van der Waals surface area contributed by atoms with Crippen LogP contribution in [0.1, 0.15) is 6.92 Å². The maximum atomic E-state index is 13.6. The maximum absolute atomic E-state index is 13.6. The quantitative estimate of drug-likeness (QED) is 0.853. The summed E-state index contributed by atoms with van der Waals surface area (Å²) >= 11 is 1.57. The van der Waals surface area contributed by atoms with Gasteiger partial charge in [-0.25, -0.2) is 12.8 Å². The zero-order valence-corrected chi connectivity index (χ0v) is 11.7. The lowest BCUT2D eigenvalue weighted by Crippen LogP contribution is -2.33. The molecule has 1 aliphatic rings. The molecule has 0 saturated carbocycles. The van der Waals surface area contributed by atoms with Crippen molar-refractivity contribution in [2.75, 3.05) is 19.4 Å². The van der Waals surface area contributed by atoms with E-state index in [2.05, 4.69) is 0 Å². The van der Waals surface area contributed by atoms with E-state index >= 15 is 0 Å². The number of hydrogen-bond acceptors (Lipinski definition) is 4. The van der Waals surface area contributed by atoms with E-state index in [0.29, 0.717) is 6.54 Å². The van der Waals surface area contributed by atoms with Crippen LogP contribution in [-0.4, -0.2) is 37.5 Å². The van der Waals surface area contributed by atoms with Crippen LogP contribution in [0, 0.1) is 5.82 Å². The van der Waals surface area contributed by atoms with Crippen molar-refractivity contribution >= 4 is 21.8 Å². The van der Waals surface area contributed by atoms with Crippen molar-refractivity contribution in [3.63, 3.8) is 0 Å². The van der Waals surface area contributed by atoms with Crippen LogP contribution in [0.3, 0.4) is 0 Å². The minimum absolute atomic E-state index is 0.0323. The number of hydrogen-bond donors (Lipinski definition) is 0. The molecule has 1 aliphatic heterocycles. The Morgan fingerprint density at radius 1 is 1.50 bits per heavy atom. The summed E-state index contributed by atoms with van der Waals surface area (Å²) in [5.41, 5.74) is 0. The normalized spacial score (nSPS) is 21.2. The Balaban J connectivity index is 2.38. The van der Waals surface area contributed by atoms with Gasteiger partial charge in [0.25, 0.3) is 0 Å². The fourth-order valence-corrected chi connectivity index (χ4v) is 4.88. The summed E-state index contributed by atoms with van der Waals surface area (Å²) in [4.78, 5) is -0.0323. The van der Waals surface area contributed by atoms with Crippen molar-refractivity contribution in [1.82, 2.24) is 4.31 Å². The lowest BCUT2D eigenvalue weighted by Gasteiger charge is -2.20. The van der Waals surface area contributed by atoms with Gasteiger partial charge in [0, 0.05) is 12.3 Å². The Kier molecular flexibility index (Phi) is 3.84. The summed E-state index contributed by atoms with van der Waals surface area (Å²) in [6.07, 6.45) is 0. The minimum Gasteiger partial charge on any atom is -0.494 e. The topological polar surface area (TPSA) is 46.6 Å². The van der Waals surface area contributed by atoms with Gasteiger partial charge in [-0.2, -0.15) is 4.31 Å². The summed E-state index contributed by atoms with van der Waals surface area (Å²) in [7, 11) is -2.28. The van der Waals surface area contributed by atoms with Crippen molar-refractivity contribution in [1.29, 1.82) is 0 Å². The van der Waals surface area contributed by atoms with Crippen LogP contribution < -0.4 is 4.74 Å².